The van der Waals surface area contributed by atoms with E-state index in [0.29, 0.717) is 5.75 Å². The quantitative estimate of drug-likeness (QED) is 0.761. The molecular weight excluding hydrogens is 242 g/mol. The van der Waals surface area contributed by atoms with Crippen molar-refractivity contribution in [3.05, 3.63) is 42.5 Å². The van der Waals surface area contributed by atoms with Crippen molar-refractivity contribution in [3.8, 4) is 5.75 Å². The third-order valence-electron chi connectivity index (χ3n) is 2.11. The van der Waals surface area contributed by atoms with E-state index in [1.165, 1.54) is 0 Å². The minimum atomic E-state index is -0.636. The van der Waals surface area contributed by atoms with Gasteiger partial charge in [-0.25, -0.2) is 4.79 Å². The van der Waals surface area contributed by atoms with Gasteiger partial charge in [0.05, 0.1) is 0 Å². The van der Waals surface area contributed by atoms with Crippen LogP contribution in [0.4, 0.5) is 4.79 Å². The standard InChI is InChI=1S/C11H9NO2S2/c13-11(12(15)16)14-10-7-3-5-8-4-1-2-6-9(8)10/h1-7,15-16H. The van der Waals surface area contributed by atoms with E-state index in [9.17, 15) is 4.79 Å². The van der Waals surface area contributed by atoms with E-state index < -0.39 is 6.09 Å². The van der Waals surface area contributed by atoms with Crippen LogP contribution in [0.15, 0.2) is 42.5 Å². The number of fused-ring (bicyclic) bond motifs is 1. The Balaban J connectivity index is 2.41. The van der Waals surface area contributed by atoms with Gasteiger partial charge < -0.3 is 4.74 Å². The van der Waals surface area contributed by atoms with Gasteiger partial charge in [0.2, 0.25) is 0 Å². The number of nitrogens with zero attached hydrogens (tertiary/aromatic N) is 1. The van der Waals surface area contributed by atoms with Gasteiger partial charge in [-0.05, 0) is 37.1 Å². The van der Waals surface area contributed by atoms with Crippen molar-refractivity contribution in [2.75, 3.05) is 0 Å². The minimum absolute atomic E-state index is 0.496. The van der Waals surface area contributed by atoms with Crippen LogP contribution in [0.2, 0.25) is 0 Å². The van der Waals surface area contributed by atoms with Gasteiger partial charge in [0, 0.05) is 5.39 Å². The van der Waals surface area contributed by atoms with Crippen molar-refractivity contribution in [2.24, 2.45) is 0 Å². The SMILES string of the molecule is O=C(Oc1cccc2ccccc12)N(S)S. The zero-order valence-electron chi connectivity index (χ0n) is 8.20. The fraction of sp³-hybridized carbons (Fsp3) is 0. The molecule has 0 saturated carbocycles. The summed E-state index contributed by atoms with van der Waals surface area (Å²) in [6.07, 6.45) is -0.636. The van der Waals surface area contributed by atoms with Gasteiger partial charge in [0.1, 0.15) is 5.75 Å². The van der Waals surface area contributed by atoms with Crippen LogP contribution < -0.4 is 4.74 Å². The first-order valence-electron chi connectivity index (χ1n) is 4.56. The molecule has 2 aromatic rings. The third kappa shape index (κ3) is 2.25. The van der Waals surface area contributed by atoms with Crippen molar-refractivity contribution in [1.82, 2.24) is 3.71 Å². The fourth-order valence-electron chi connectivity index (χ4n) is 1.42. The molecule has 1 amide bonds. The highest BCUT2D eigenvalue weighted by Gasteiger charge is 2.10. The topological polar surface area (TPSA) is 29.5 Å². The Hall–Kier alpha value is -1.33. The van der Waals surface area contributed by atoms with Crippen LogP contribution >= 0.6 is 25.6 Å². The molecule has 0 heterocycles. The molecule has 5 heteroatoms. The van der Waals surface area contributed by atoms with Crippen LogP contribution in [0.25, 0.3) is 10.8 Å². The van der Waals surface area contributed by atoms with E-state index in [2.05, 4.69) is 25.6 Å². The molecule has 0 aliphatic carbocycles. The molecule has 0 spiro atoms. The highest BCUT2D eigenvalue weighted by atomic mass is 32.2. The smallest absolute Gasteiger partial charge is 0.408 e. The Labute approximate surface area is 104 Å². The minimum Gasteiger partial charge on any atom is -0.408 e. The Morgan fingerprint density at radius 3 is 2.50 bits per heavy atom. The van der Waals surface area contributed by atoms with E-state index in [1.54, 1.807) is 6.07 Å². The summed E-state index contributed by atoms with van der Waals surface area (Å²) in [6, 6.07) is 13.2. The largest absolute Gasteiger partial charge is 0.435 e. The number of carbonyl (C=O) groups excluding carboxylic acids is 1. The molecule has 0 aliphatic rings. The summed E-state index contributed by atoms with van der Waals surface area (Å²) in [6.45, 7) is 0. The molecule has 0 aliphatic heterocycles. The molecule has 0 atom stereocenters. The summed E-state index contributed by atoms with van der Waals surface area (Å²) in [4.78, 5) is 11.3. The molecule has 2 aromatic carbocycles. The second kappa shape index (κ2) is 4.67. The first kappa shape index (κ1) is 11.2. The first-order valence-corrected chi connectivity index (χ1v) is 5.36. The molecule has 82 valence electrons. The molecule has 0 saturated heterocycles. The molecule has 3 nitrogen and oxygen atoms in total. The summed E-state index contributed by atoms with van der Waals surface area (Å²) >= 11 is 7.48. The number of hydrogen-bond donors (Lipinski definition) is 2. The number of amides is 1. The van der Waals surface area contributed by atoms with Crippen LogP contribution in [0.3, 0.4) is 0 Å². The lowest BCUT2D eigenvalue weighted by atomic mass is 10.1. The number of benzene rings is 2. The summed E-state index contributed by atoms with van der Waals surface area (Å²) in [5.74, 6) is 0.496. The van der Waals surface area contributed by atoms with Crippen LogP contribution in [0.1, 0.15) is 0 Å². The second-order valence-corrected chi connectivity index (χ2v) is 4.25. The summed E-state index contributed by atoms with van der Waals surface area (Å²) in [7, 11) is 0. The molecule has 0 radical (unpaired) electrons. The van der Waals surface area contributed by atoms with Crippen LogP contribution in [0.5, 0.6) is 5.75 Å². The van der Waals surface area contributed by atoms with Gasteiger partial charge in [-0.3, -0.25) is 0 Å². The van der Waals surface area contributed by atoms with Crippen LogP contribution in [-0.2, 0) is 0 Å². The third-order valence-corrected chi connectivity index (χ3v) is 2.44. The average Bonchev–Trinajstić information content (AvgIpc) is 2.29. The monoisotopic (exact) mass is 251 g/mol. The second-order valence-electron chi connectivity index (χ2n) is 3.13. The zero-order chi connectivity index (χ0) is 11.5. The van der Waals surface area contributed by atoms with Crippen molar-refractivity contribution >= 4 is 42.5 Å². The Morgan fingerprint density at radius 1 is 1.06 bits per heavy atom. The molecule has 16 heavy (non-hydrogen) atoms. The number of thiol groups is 2. The van der Waals surface area contributed by atoms with E-state index in [0.717, 1.165) is 14.5 Å². The number of ether oxygens (including phenoxy) is 1. The lowest BCUT2D eigenvalue weighted by Gasteiger charge is -2.10. The van der Waals surface area contributed by atoms with Crippen LogP contribution in [-0.4, -0.2) is 9.80 Å². The maximum atomic E-state index is 11.3. The maximum Gasteiger partial charge on any atom is 0.435 e. The lowest BCUT2D eigenvalue weighted by Crippen LogP contribution is -2.16. The van der Waals surface area contributed by atoms with Crippen molar-refractivity contribution < 1.29 is 9.53 Å². The van der Waals surface area contributed by atoms with Gasteiger partial charge in [-0.15, -0.1) is 0 Å². The summed E-state index contributed by atoms with van der Waals surface area (Å²) in [5.41, 5.74) is 0. The molecule has 2 rings (SSSR count). The fourth-order valence-corrected chi connectivity index (χ4v) is 1.50. The van der Waals surface area contributed by atoms with Gasteiger partial charge in [-0.2, -0.15) is 3.71 Å². The average molecular weight is 251 g/mol. The van der Waals surface area contributed by atoms with E-state index >= 15 is 0 Å². The van der Waals surface area contributed by atoms with Crippen molar-refractivity contribution in [2.45, 2.75) is 0 Å². The molecule has 0 fully saturated rings. The lowest BCUT2D eigenvalue weighted by molar-refractivity contribution is 0.198. The summed E-state index contributed by atoms with van der Waals surface area (Å²) in [5, 5.41) is 1.89. The highest BCUT2D eigenvalue weighted by molar-refractivity contribution is 7.94. The van der Waals surface area contributed by atoms with Crippen LogP contribution in [0, 0.1) is 0 Å². The Bertz CT molecular complexity index is 523. The number of carbonyl (C=O) groups is 1. The predicted octanol–water partition coefficient (Wildman–Crippen LogP) is 3.33. The number of rotatable bonds is 1. The maximum absolute atomic E-state index is 11.3. The van der Waals surface area contributed by atoms with Gasteiger partial charge >= 0.3 is 6.09 Å². The van der Waals surface area contributed by atoms with Gasteiger partial charge in [0.15, 0.2) is 0 Å². The summed E-state index contributed by atoms with van der Waals surface area (Å²) < 4.78 is 5.92. The van der Waals surface area contributed by atoms with E-state index in [4.69, 9.17) is 4.74 Å². The molecule has 0 bridgehead atoms. The van der Waals surface area contributed by atoms with Crippen molar-refractivity contribution in [1.29, 1.82) is 0 Å². The predicted molar refractivity (Wildman–Crippen MR) is 69.8 cm³/mol. The molecule has 0 unspecified atom stereocenters. The number of hydrogen-bond acceptors (Lipinski definition) is 4. The molecular formula is C11H9NO2S2. The zero-order valence-corrected chi connectivity index (χ0v) is 9.99. The Kier molecular flexibility index (Phi) is 3.26. The molecule has 0 aromatic heterocycles. The van der Waals surface area contributed by atoms with Crippen molar-refractivity contribution in [3.63, 3.8) is 0 Å². The Morgan fingerprint density at radius 2 is 1.75 bits per heavy atom. The van der Waals surface area contributed by atoms with Gasteiger partial charge in [-0.1, -0.05) is 36.4 Å². The van der Waals surface area contributed by atoms with Gasteiger partial charge in [0.25, 0.3) is 0 Å². The molecule has 0 N–H and O–H groups in total. The van der Waals surface area contributed by atoms with E-state index in [1.807, 2.05) is 36.4 Å². The normalized spacial score (nSPS) is 10.1. The first-order chi connectivity index (χ1) is 7.68. The van der Waals surface area contributed by atoms with E-state index in [-0.39, 0.29) is 0 Å². The highest BCUT2D eigenvalue weighted by Crippen LogP contribution is 2.25.